The molecule has 4 nitrogen and oxygen atoms in total. The molecule has 0 bridgehead atoms. The number of piperidine rings is 1. The number of rotatable bonds is 3. The standard InChI is InChI=1S/C14H20N2O2/c1-15(14(17)18)13-8-5-9-16(11-13)10-12-6-3-2-4-7-12/h2-4,6-7,13H,5,8-11H2,1H3,(H,17,18). The van der Waals surface area contributed by atoms with E-state index in [1.54, 1.807) is 7.05 Å². The first-order valence-electron chi connectivity index (χ1n) is 6.39. The second kappa shape index (κ2) is 5.87. The van der Waals surface area contributed by atoms with E-state index in [0.29, 0.717) is 0 Å². The van der Waals surface area contributed by atoms with Gasteiger partial charge in [0.25, 0.3) is 0 Å². The first-order chi connectivity index (χ1) is 8.66. The Balaban J connectivity index is 1.93. The van der Waals surface area contributed by atoms with Crippen LogP contribution in [0.5, 0.6) is 0 Å². The van der Waals surface area contributed by atoms with E-state index in [1.165, 1.54) is 10.5 Å². The fourth-order valence-electron chi connectivity index (χ4n) is 2.49. The van der Waals surface area contributed by atoms with Gasteiger partial charge in [-0.25, -0.2) is 4.79 Å². The number of likely N-dealkylation sites (tertiary alicyclic amines) is 1. The molecule has 18 heavy (non-hydrogen) atoms. The molecule has 4 heteroatoms. The zero-order valence-corrected chi connectivity index (χ0v) is 10.7. The molecule has 1 saturated heterocycles. The van der Waals surface area contributed by atoms with Crippen LogP contribution in [0.15, 0.2) is 30.3 Å². The lowest BCUT2D eigenvalue weighted by Crippen LogP contribution is -2.47. The van der Waals surface area contributed by atoms with Gasteiger partial charge in [0.05, 0.1) is 0 Å². The predicted octanol–water partition coefficient (Wildman–Crippen LogP) is 2.26. The van der Waals surface area contributed by atoms with Crippen molar-refractivity contribution >= 4 is 6.09 Å². The summed E-state index contributed by atoms with van der Waals surface area (Å²) in [4.78, 5) is 14.7. The highest BCUT2D eigenvalue weighted by Gasteiger charge is 2.25. The van der Waals surface area contributed by atoms with Crippen LogP contribution in [-0.2, 0) is 6.54 Å². The Labute approximate surface area is 108 Å². The highest BCUT2D eigenvalue weighted by Crippen LogP contribution is 2.17. The summed E-state index contributed by atoms with van der Waals surface area (Å²) in [5.41, 5.74) is 1.29. The Morgan fingerprint density at radius 2 is 2.17 bits per heavy atom. The van der Waals surface area contributed by atoms with Crippen LogP contribution in [0.25, 0.3) is 0 Å². The van der Waals surface area contributed by atoms with E-state index in [2.05, 4.69) is 17.0 Å². The fraction of sp³-hybridized carbons (Fsp3) is 0.500. The summed E-state index contributed by atoms with van der Waals surface area (Å²) in [6, 6.07) is 10.5. The molecule has 0 aliphatic carbocycles. The van der Waals surface area contributed by atoms with Crippen molar-refractivity contribution in [3.8, 4) is 0 Å². The van der Waals surface area contributed by atoms with Crippen molar-refractivity contribution < 1.29 is 9.90 Å². The molecule has 1 N–H and O–H groups in total. The summed E-state index contributed by atoms with van der Waals surface area (Å²) in [5, 5.41) is 9.02. The van der Waals surface area contributed by atoms with Crippen LogP contribution in [0.3, 0.4) is 0 Å². The van der Waals surface area contributed by atoms with Crippen molar-refractivity contribution in [2.75, 3.05) is 20.1 Å². The third-order valence-corrected chi connectivity index (χ3v) is 3.58. The van der Waals surface area contributed by atoms with Crippen LogP contribution in [0, 0.1) is 0 Å². The third-order valence-electron chi connectivity index (χ3n) is 3.58. The van der Waals surface area contributed by atoms with Gasteiger partial charge in [0, 0.05) is 26.2 Å². The van der Waals surface area contributed by atoms with Crippen LogP contribution < -0.4 is 0 Å². The average Bonchev–Trinajstić information content (AvgIpc) is 2.39. The van der Waals surface area contributed by atoms with E-state index in [-0.39, 0.29) is 6.04 Å². The maximum atomic E-state index is 11.0. The summed E-state index contributed by atoms with van der Waals surface area (Å²) in [7, 11) is 1.67. The number of benzene rings is 1. The van der Waals surface area contributed by atoms with Crippen LogP contribution in [0.2, 0.25) is 0 Å². The zero-order valence-electron chi connectivity index (χ0n) is 10.7. The number of likely N-dealkylation sites (N-methyl/N-ethyl adjacent to an activating group) is 1. The molecule has 1 aromatic rings. The lowest BCUT2D eigenvalue weighted by molar-refractivity contribution is 0.0952. The summed E-state index contributed by atoms with van der Waals surface area (Å²) in [6.07, 6.45) is 1.20. The van der Waals surface area contributed by atoms with E-state index >= 15 is 0 Å². The molecule has 1 atom stereocenters. The molecule has 1 heterocycles. The van der Waals surface area contributed by atoms with E-state index < -0.39 is 6.09 Å². The minimum absolute atomic E-state index is 0.125. The smallest absolute Gasteiger partial charge is 0.407 e. The fourth-order valence-corrected chi connectivity index (χ4v) is 2.49. The summed E-state index contributed by atoms with van der Waals surface area (Å²) >= 11 is 0. The Bertz CT molecular complexity index is 394. The molecule has 1 aliphatic rings. The van der Waals surface area contributed by atoms with Gasteiger partial charge in [0.15, 0.2) is 0 Å². The van der Waals surface area contributed by atoms with E-state index in [1.807, 2.05) is 18.2 Å². The van der Waals surface area contributed by atoms with Gasteiger partial charge in [0.1, 0.15) is 0 Å². The lowest BCUT2D eigenvalue weighted by Gasteiger charge is -2.36. The largest absolute Gasteiger partial charge is 0.465 e. The summed E-state index contributed by atoms with van der Waals surface area (Å²) < 4.78 is 0. The van der Waals surface area contributed by atoms with Crippen LogP contribution in [-0.4, -0.2) is 47.2 Å². The van der Waals surface area contributed by atoms with Crippen LogP contribution in [0.1, 0.15) is 18.4 Å². The normalized spacial score (nSPS) is 20.6. The minimum Gasteiger partial charge on any atom is -0.465 e. The predicted molar refractivity (Wildman–Crippen MR) is 70.5 cm³/mol. The molecular formula is C14H20N2O2. The molecule has 0 radical (unpaired) electrons. The Hall–Kier alpha value is -1.55. The lowest BCUT2D eigenvalue weighted by atomic mass is 10.0. The molecule has 98 valence electrons. The topological polar surface area (TPSA) is 43.8 Å². The Kier molecular flexibility index (Phi) is 4.20. The zero-order chi connectivity index (χ0) is 13.0. The maximum absolute atomic E-state index is 11.0. The molecule has 1 aromatic carbocycles. The molecule has 0 saturated carbocycles. The number of hydrogen-bond acceptors (Lipinski definition) is 2. The van der Waals surface area contributed by atoms with Crippen LogP contribution in [0.4, 0.5) is 4.79 Å². The first kappa shape index (κ1) is 12.9. The maximum Gasteiger partial charge on any atom is 0.407 e. The van der Waals surface area contributed by atoms with E-state index in [0.717, 1.165) is 32.5 Å². The highest BCUT2D eigenvalue weighted by molar-refractivity contribution is 5.65. The summed E-state index contributed by atoms with van der Waals surface area (Å²) in [5.74, 6) is 0. The van der Waals surface area contributed by atoms with Gasteiger partial charge in [-0.3, -0.25) is 4.90 Å². The van der Waals surface area contributed by atoms with Gasteiger partial charge in [-0.2, -0.15) is 0 Å². The molecule has 2 rings (SSSR count). The molecule has 1 fully saturated rings. The van der Waals surface area contributed by atoms with Crippen LogP contribution >= 0.6 is 0 Å². The SMILES string of the molecule is CN(C(=O)O)C1CCCN(Cc2ccccc2)C1. The van der Waals surface area contributed by atoms with Gasteiger partial charge in [-0.15, -0.1) is 0 Å². The molecule has 0 aromatic heterocycles. The van der Waals surface area contributed by atoms with Gasteiger partial charge < -0.3 is 10.0 Å². The quantitative estimate of drug-likeness (QED) is 0.892. The molecule has 1 aliphatic heterocycles. The van der Waals surface area contributed by atoms with Gasteiger partial charge in [0.2, 0.25) is 0 Å². The summed E-state index contributed by atoms with van der Waals surface area (Å²) in [6.45, 7) is 2.79. The monoisotopic (exact) mass is 248 g/mol. The molecule has 0 spiro atoms. The number of carbonyl (C=O) groups is 1. The highest BCUT2D eigenvalue weighted by atomic mass is 16.4. The minimum atomic E-state index is -0.832. The van der Waals surface area contributed by atoms with Gasteiger partial charge in [-0.1, -0.05) is 30.3 Å². The number of amides is 1. The number of hydrogen-bond donors (Lipinski definition) is 1. The van der Waals surface area contributed by atoms with Crippen molar-refractivity contribution in [2.45, 2.75) is 25.4 Å². The van der Waals surface area contributed by atoms with Gasteiger partial charge in [-0.05, 0) is 24.9 Å². The molecular weight excluding hydrogens is 228 g/mol. The average molecular weight is 248 g/mol. The Morgan fingerprint density at radius 3 is 2.83 bits per heavy atom. The number of nitrogens with zero attached hydrogens (tertiary/aromatic N) is 2. The second-order valence-corrected chi connectivity index (χ2v) is 4.91. The molecule has 1 unspecified atom stereocenters. The molecule has 1 amide bonds. The van der Waals surface area contributed by atoms with Crippen molar-refractivity contribution in [3.05, 3.63) is 35.9 Å². The van der Waals surface area contributed by atoms with E-state index in [9.17, 15) is 4.79 Å². The second-order valence-electron chi connectivity index (χ2n) is 4.91. The third kappa shape index (κ3) is 3.23. The van der Waals surface area contributed by atoms with E-state index in [4.69, 9.17) is 5.11 Å². The van der Waals surface area contributed by atoms with Crippen molar-refractivity contribution in [1.82, 2.24) is 9.80 Å². The number of carboxylic acid groups (broad SMARTS) is 1. The Morgan fingerprint density at radius 1 is 1.44 bits per heavy atom. The van der Waals surface area contributed by atoms with Gasteiger partial charge >= 0.3 is 6.09 Å². The van der Waals surface area contributed by atoms with Crippen molar-refractivity contribution in [3.63, 3.8) is 0 Å². The van der Waals surface area contributed by atoms with Crippen molar-refractivity contribution in [2.24, 2.45) is 0 Å². The van der Waals surface area contributed by atoms with Crippen molar-refractivity contribution in [1.29, 1.82) is 0 Å². The first-order valence-corrected chi connectivity index (χ1v) is 6.39.